The molecule has 2 aromatic rings. The maximum atomic E-state index is 12.0. The molecule has 1 aliphatic rings. The minimum absolute atomic E-state index is 0.00658. The molecule has 0 spiro atoms. The largest absolute Gasteiger partial charge is 0.481 e. The van der Waals surface area contributed by atoms with E-state index in [4.69, 9.17) is 10.8 Å². The van der Waals surface area contributed by atoms with Gasteiger partial charge in [-0.15, -0.1) is 0 Å². The van der Waals surface area contributed by atoms with Crippen LogP contribution in [0.4, 0.5) is 5.82 Å². The number of nitrogens with zero attached hydrogens (tertiary/aromatic N) is 1. The second kappa shape index (κ2) is 5.05. The van der Waals surface area contributed by atoms with Crippen LogP contribution in [0.5, 0.6) is 0 Å². The van der Waals surface area contributed by atoms with Crippen molar-refractivity contribution in [1.29, 1.82) is 0 Å². The van der Waals surface area contributed by atoms with E-state index in [1.807, 2.05) is 12.1 Å². The zero-order valence-corrected chi connectivity index (χ0v) is 11.3. The number of carboxylic acids is 1. The highest BCUT2D eigenvalue weighted by atomic mass is 16.4. The highest BCUT2D eigenvalue weighted by Gasteiger charge is 2.25. The van der Waals surface area contributed by atoms with Crippen LogP contribution in [0.1, 0.15) is 28.4 Å². The van der Waals surface area contributed by atoms with Crippen molar-refractivity contribution in [2.45, 2.75) is 25.2 Å². The van der Waals surface area contributed by atoms with Crippen molar-refractivity contribution in [3.05, 3.63) is 57.1 Å². The molecule has 0 amide bonds. The van der Waals surface area contributed by atoms with E-state index in [2.05, 4.69) is 22.1 Å². The number of H-pyrrole nitrogens is 1. The Morgan fingerprint density at radius 1 is 1.33 bits per heavy atom. The van der Waals surface area contributed by atoms with Gasteiger partial charge >= 0.3 is 5.97 Å². The lowest BCUT2D eigenvalue weighted by atomic mass is 10.1. The molecule has 6 nitrogen and oxygen atoms in total. The Kier molecular flexibility index (Phi) is 3.21. The predicted molar refractivity (Wildman–Crippen MR) is 77.2 cm³/mol. The van der Waals surface area contributed by atoms with Gasteiger partial charge in [0.25, 0.3) is 5.56 Å². The van der Waals surface area contributed by atoms with Gasteiger partial charge in [-0.3, -0.25) is 9.59 Å². The number of hydrogen-bond donors (Lipinski definition) is 3. The second-order valence-electron chi connectivity index (χ2n) is 5.26. The number of benzene rings is 1. The molecule has 0 unspecified atom stereocenters. The number of nitrogens with one attached hydrogen (secondary N) is 1. The number of aliphatic carboxylic acids is 1. The number of hydrogen-bond acceptors (Lipinski definition) is 4. The number of carboxylic acid groups (broad SMARTS) is 1. The molecular formula is C15H15N3O3. The van der Waals surface area contributed by atoms with E-state index in [-0.39, 0.29) is 17.3 Å². The molecule has 0 radical (unpaired) electrons. The average molecular weight is 285 g/mol. The fraction of sp³-hybridized carbons (Fsp3) is 0.267. The summed E-state index contributed by atoms with van der Waals surface area (Å²) in [7, 11) is 0. The molecule has 0 atom stereocenters. The van der Waals surface area contributed by atoms with E-state index in [9.17, 15) is 9.59 Å². The van der Waals surface area contributed by atoms with E-state index in [0.717, 1.165) is 12.8 Å². The Balaban J connectivity index is 1.92. The molecule has 21 heavy (non-hydrogen) atoms. The number of carbonyl (C=O) groups is 1. The summed E-state index contributed by atoms with van der Waals surface area (Å²) in [6, 6.07) is 8.11. The molecule has 4 N–H and O–H groups in total. The highest BCUT2D eigenvalue weighted by molar-refractivity contribution is 5.71. The molecule has 1 aromatic carbocycles. The summed E-state index contributed by atoms with van der Waals surface area (Å²) in [5.74, 6) is -0.485. The quantitative estimate of drug-likeness (QED) is 0.775. The second-order valence-corrected chi connectivity index (χ2v) is 5.26. The molecule has 3 rings (SSSR count). The predicted octanol–water partition coefficient (Wildman–Crippen LogP) is 0.862. The highest BCUT2D eigenvalue weighted by Crippen LogP contribution is 2.32. The first-order chi connectivity index (χ1) is 10.0. The van der Waals surface area contributed by atoms with Gasteiger partial charge in [0.15, 0.2) is 0 Å². The summed E-state index contributed by atoms with van der Waals surface area (Å²) in [6.07, 6.45) is 1.19. The van der Waals surface area contributed by atoms with Gasteiger partial charge in [0.05, 0.1) is 12.0 Å². The van der Waals surface area contributed by atoms with E-state index in [1.165, 1.54) is 11.1 Å². The topological polar surface area (TPSA) is 109 Å². The number of nitrogens with two attached hydrogens (primary N) is 1. The van der Waals surface area contributed by atoms with Crippen LogP contribution in [-0.2, 0) is 24.1 Å². The lowest BCUT2D eigenvalue weighted by Gasteiger charge is -2.10. The Labute approximate surface area is 120 Å². The van der Waals surface area contributed by atoms with Crippen molar-refractivity contribution in [3.63, 3.8) is 0 Å². The van der Waals surface area contributed by atoms with Crippen molar-refractivity contribution < 1.29 is 9.90 Å². The van der Waals surface area contributed by atoms with Crippen molar-refractivity contribution in [1.82, 2.24) is 9.97 Å². The van der Waals surface area contributed by atoms with Crippen LogP contribution in [0, 0.1) is 0 Å². The molecule has 1 heterocycles. The maximum Gasteiger partial charge on any atom is 0.308 e. The average Bonchev–Trinajstić information content (AvgIpc) is 2.86. The number of fused-ring (bicyclic) bond motifs is 1. The van der Waals surface area contributed by atoms with Crippen molar-refractivity contribution >= 4 is 11.8 Å². The summed E-state index contributed by atoms with van der Waals surface area (Å²) < 4.78 is 0. The van der Waals surface area contributed by atoms with Crippen LogP contribution in [0.2, 0.25) is 0 Å². The Morgan fingerprint density at radius 2 is 1.95 bits per heavy atom. The number of rotatable bonds is 3. The lowest BCUT2D eigenvalue weighted by molar-refractivity contribution is -0.136. The normalized spacial score (nSPS) is 14.1. The molecular weight excluding hydrogens is 270 g/mol. The number of nitrogen functional groups attached to an aromatic ring is 1. The fourth-order valence-electron chi connectivity index (χ4n) is 2.80. The lowest BCUT2D eigenvalue weighted by Crippen LogP contribution is -2.23. The molecule has 108 valence electrons. The van der Waals surface area contributed by atoms with Crippen molar-refractivity contribution in [2.75, 3.05) is 5.73 Å². The number of aromatic amines is 1. The van der Waals surface area contributed by atoms with Gasteiger partial charge in [0, 0.05) is 5.92 Å². The Hall–Kier alpha value is -2.63. The van der Waals surface area contributed by atoms with Crippen LogP contribution in [-0.4, -0.2) is 21.0 Å². The zero-order chi connectivity index (χ0) is 15.0. The van der Waals surface area contributed by atoms with E-state index >= 15 is 0 Å². The number of aromatic nitrogens is 2. The summed E-state index contributed by atoms with van der Waals surface area (Å²) in [4.78, 5) is 29.6. The van der Waals surface area contributed by atoms with Crippen LogP contribution < -0.4 is 11.3 Å². The van der Waals surface area contributed by atoms with Gasteiger partial charge in [-0.2, -0.15) is 0 Å². The van der Waals surface area contributed by atoms with E-state index in [1.54, 1.807) is 0 Å². The summed E-state index contributed by atoms with van der Waals surface area (Å²) >= 11 is 0. The first-order valence-electron chi connectivity index (χ1n) is 6.71. The van der Waals surface area contributed by atoms with Crippen LogP contribution >= 0.6 is 0 Å². The van der Waals surface area contributed by atoms with Crippen molar-refractivity contribution in [3.8, 4) is 0 Å². The van der Waals surface area contributed by atoms with Gasteiger partial charge in [-0.1, -0.05) is 24.3 Å². The van der Waals surface area contributed by atoms with E-state index < -0.39 is 17.9 Å². The van der Waals surface area contributed by atoms with Crippen LogP contribution in [0.3, 0.4) is 0 Å². The smallest absolute Gasteiger partial charge is 0.308 e. The van der Waals surface area contributed by atoms with Gasteiger partial charge in [-0.25, -0.2) is 4.98 Å². The summed E-state index contributed by atoms with van der Waals surface area (Å²) in [6.45, 7) is 0. The minimum Gasteiger partial charge on any atom is -0.481 e. The van der Waals surface area contributed by atoms with Gasteiger partial charge in [-0.05, 0) is 24.0 Å². The van der Waals surface area contributed by atoms with Gasteiger partial charge < -0.3 is 15.8 Å². The van der Waals surface area contributed by atoms with Gasteiger partial charge in [0.2, 0.25) is 0 Å². The molecule has 1 aliphatic carbocycles. The fourth-order valence-corrected chi connectivity index (χ4v) is 2.80. The third kappa shape index (κ3) is 2.52. The standard InChI is InChI=1S/C15H15N3O3/c16-13-11(7-12(19)20)15(21)18-14(17-13)10-5-8-3-1-2-4-9(8)6-10/h1-4,10H,5-7H2,(H,19,20)(H3,16,17,18,21). The van der Waals surface area contributed by atoms with Gasteiger partial charge in [0.1, 0.15) is 11.6 Å². The summed E-state index contributed by atoms with van der Waals surface area (Å²) in [5, 5.41) is 8.78. The Morgan fingerprint density at radius 3 is 2.48 bits per heavy atom. The molecule has 0 saturated carbocycles. The molecule has 0 saturated heterocycles. The zero-order valence-electron chi connectivity index (χ0n) is 11.3. The molecule has 0 bridgehead atoms. The van der Waals surface area contributed by atoms with Crippen LogP contribution in [0.15, 0.2) is 29.1 Å². The summed E-state index contributed by atoms with van der Waals surface area (Å²) in [5.41, 5.74) is 7.80. The minimum atomic E-state index is -1.10. The van der Waals surface area contributed by atoms with Crippen LogP contribution in [0.25, 0.3) is 0 Å². The third-order valence-electron chi connectivity index (χ3n) is 3.83. The number of anilines is 1. The maximum absolute atomic E-state index is 12.0. The van der Waals surface area contributed by atoms with E-state index in [0.29, 0.717) is 5.82 Å². The molecule has 1 aromatic heterocycles. The third-order valence-corrected chi connectivity index (χ3v) is 3.83. The molecule has 0 aliphatic heterocycles. The molecule has 0 fully saturated rings. The SMILES string of the molecule is Nc1nc(C2Cc3ccccc3C2)[nH]c(=O)c1CC(=O)O. The Bertz CT molecular complexity index is 742. The first-order valence-corrected chi connectivity index (χ1v) is 6.71. The monoisotopic (exact) mass is 285 g/mol. The first kappa shape index (κ1) is 13.4. The van der Waals surface area contributed by atoms with Crippen molar-refractivity contribution in [2.24, 2.45) is 0 Å². The molecule has 6 heteroatoms.